The second kappa shape index (κ2) is 5.90. The third-order valence-corrected chi connectivity index (χ3v) is 5.47. The summed E-state index contributed by atoms with van der Waals surface area (Å²) in [4.78, 5) is 0.336. The first kappa shape index (κ1) is 15.7. The predicted octanol–water partition coefficient (Wildman–Crippen LogP) is 4.70. The Labute approximate surface area is 147 Å². The lowest BCUT2D eigenvalue weighted by Crippen LogP contribution is -1.96. The summed E-state index contributed by atoms with van der Waals surface area (Å²) in [7, 11) is -3.19. The van der Waals surface area contributed by atoms with Crippen molar-refractivity contribution in [3.8, 4) is 16.8 Å². The van der Waals surface area contributed by atoms with Crippen LogP contribution in [0.1, 0.15) is 0 Å². The number of sulfone groups is 1. The summed E-state index contributed by atoms with van der Waals surface area (Å²) < 4.78 is 25.5. The Kier molecular flexibility index (Phi) is 3.70. The van der Waals surface area contributed by atoms with Gasteiger partial charge in [0, 0.05) is 29.1 Å². The summed E-state index contributed by atoms with van der Waals surface area (Å²) in [5.74, 6) is 0. The Hall–Kier alpha value is -2.85. The Morgan fingerprint density at radius 3 is 2.08 bits per heavy atom. The van der Waals surface area contributed by atoms with Gasteiger partial charge in [-0.15, -0.1) is 0 Å². The van der Waals surface area contributed by atoms with Crippen LogP contribution >= 0.6 is 0 Å². The first-order valence-electron chi connectivity index (χ1n) is 8.00. The molecular formula is C21H17NO2S. The van der Waals surface area contributed by atoms with E-state index in [9.17, 15) is 8.42 Å². The summed E-state index contributed by atoms with van der Waals surface area (Å²) in [6.45, 7) is 0. The zero-order valence-corrected chi connectivity index (χ0v) is 14.6. The molecule has 25 heavy (non-hydrogen) atoms. The summed E-state index contributed by atoms with van der Waals surface area (Å²) >= 11 is 0. The smallest absolute Gasteiger partial charge is 0.175 e. The Bertz CT molecular complexity index is 1140. The van der Waals surface area contributed by atoms with E-state index in [0.717, 1.165) is 27.7 Å². The van der Waals surface area contributed by atoms with Crippen molar-refractivity contribution in [2.24, 2.45) is 0 Å². The molecule has 0 N–H and O–H groups in total. The van der Waals surface area contributed by atoms with Crippen LogP contribution in [0.25, 0.3) is 27.7 Å². The highest BCUT2D eigenvalue weighted by Gasteiger charge is 2.12. The van der Waals surface area contributed by atoms with Gasteiger partial charge in [-0.1, -0.05) is 48.5 Å². The molecule has 0 saturated heterocycles. The van der Waals surface area contributed by atoms with Crippen molar-refractivity contribution in [2.75, 3.05) is 6.26 Å². The molecular weight excluding hydrogens is 330 g/mol. The SMILES string of the molecule is CS(=O)(=O)c1ccc(-c2cn(-c3ccccc3)c3ccccc23)cc1. The summed E-state index contributed by atoms with van der Waals surface area (Å²) in [6.07, 6.45) is 3.33. The summed E-state index contributed by atoms with van der Waals surface area (Å²) in [5, 5.41) is 1.14. The van der Waals surface area contributed by atoms with Gasteiger partial charge in [-0.05, 0) is 35.9 Å². The number of nitrogens with zero attached hydrogens (tertiary/aromatic N) is 1. The molecule has 3 aromatic carbocycles. The van der Waals surface area contributed by atoms with Crippen molar-refractivity contribution < 1.29 is 8.42 Å². The second-order valence-corrected chi connectivity index (χ2v) is 8.08. The molecule has 0 radical (unpaired) electrons. The van der Waals surface area contributed by atoms with Crippen LogP contribution in [-0.2, 0) is 9.84 Å². The predicted molar refractivity (Wildman–Crippen MR) is 102 cm³/mol. The quantitative estimate of drug-likeness (QED) is 0.539. The zero-order valence-electron chi connectivity index (χ0n) is 13.8. The molecule has 3 nitrogen and oxygen atoms in total. The van der Waals surface area contributed by atoms with Crippen LogP contribution in [0.15, 0.2) is 90.0 Å². The highest BCUT2D eigenvalue weighted by molar-refractivity contribution is 7.90. The lowest BCUT2D eigenvalue weighted by Gasteiger charge is -2.04. The van der Waals surface area contributed by atoms with Crippen LogP contribution in [0.2, 0.25) is 0 Å². The van der Waals surface area contributed by atoms with E-state index in [0.29, 0.717) is 4.90 Å². The van der Waals surface area contributed by atoms with Gasteiger partial charge in [0.05, 0.1) is 10.4 Å². The number of benzene rings is 3. The maximum Gasteiger partial charge on any atom is 0.175 e. The molecule has 1 aromatic heterocycles. The largest absolute Gasteiger partial charge is 0.316 e. The molecule has 4 rings (SSSR count). The standard InChI is InChI=1S/C21H17NO2S/c1-25(23,24)18-13-11-16(12-14-18)20-15-22(17-7-3-2-4-8-17)21-10-6-5-9-19(20)21/h2-15H,1H3. The highest BCUT2D eigenvalue weighted by atomic mass is 32.2. The van der Waals surface area contributed by atoms with Gasteiger partial charge < -0.3 is 4.57 Å². The van der Waals surface area contributed by atoms with Crippen molar-refractivity contribution in [3.63, 3.8) is 0 Å². The Morgan fingerprint density at radius 1 is 0.760 bits per heavy atom. The van der Waals surface area contributed by atoms with Crippen LogP contribution in [0, 0.1) is 0 Å². The Balaban J connectivity index is 1.91. The number of rotatable bonds is 3. The molecule has 0 atom stereocenters. The Morgan fingerprint density at radius 2 is 1.40 bits per heavy atom. The molecule has 0 aliphatic carbocycles. The van der Waals surface area contributed by atoms with Crippen molar-refractivity contribution in [2.45, 2.75) is 4.90 Å². The van der Waals surface area contributed by atoms with Crippen LogP contribution in [0.3, 0.4) is 0 Å². The topological polar surface area (TPSA) is 39.1 Å². The van der Waals surface area contributed by atoms with Gasteiger partial charge in [-0.2, -0.15) is 0 Å². The van der Waals surface area contributed by atoms with Crippen molar-refractivity contribution in [3.05, 3.63) is 85.1 Å². The number of aromatic nitrogens is 1. The molecule has 4 aromatic rings. The first-order chi connectivity index (χ1) is 12.0. The zero-order chi connectivity index (χ0) is 17.4. The average Bonchev–Trinajstić information content (AvgIpc) is 3.02. The van der Waals surface area contributed by atoms with Crippen molar-refractivity contribution in [1.29, 1.82) is 0 Å². The van der Waals surface area contributed by atoms with Gasteiger partial charge >= 0.3 is 0 Å². The summed E-state index contributed by atoms with van der Waals surface area (Å²) in [6, 6.07) is 25.5. The molecule has 0 amide bonds. The molecule has 124 valence electrons. The minimum absolute atomic E-state index is 0.336. The van der Waals surface area contributed by atoms with Gasteiger partial charge in [0.1, 0.15) is 0 Å². The van der Waals surface area contributed by atoms with Crippen LogP contribution in [0.5, 0.6) is 0 Å². The highest BCUT2D eigenvalue weighted by Crippen LogP contribution is 2.33. The minimum atomic E-state index is -3.19. The van der Waals surface area contributed by atoms with Crippen molar-refractivity contribution >= 4 is 20.7 Å². The summed E-state index contributed by atoms with van der Waals surface area (Å²) in [5.41, 5.74) is 4.30. The first-order valence-corrected chi connectivity index (χ1v) is 9.89. The number of para-hydroxylation sites is 2. The maximum absolute atomic E-state index is 11.7. The lowest BCUT2D eigenvalue weighted by atomic mass is 10.1. The molecule has 0 spiro atoms. The number of hydrogen-bond donors (Lipinski definition) is 0. The molecule has 0 fully saturated rings. The molecule has 0 aliphatic heterocycles. The second-order valence-electron chi connectivity index (χ2n) is 6.06. The number of fused-ring (bicyclic) bond motifs is 1. The van der Waals surface area contributed by atoms with Crippen LogP contribution in [0.4, 0.5) is 0 Å². The fourth-order valence-corrected chi connectivity index (χ4v) is 3.72. The third kappa shape index (κ3) is 2.85. The maximum atomic E-state index is 11.7. The van der Waals surface area contributed by atoms with E-state index in [4.69, 9.17) is 0 Å². The van der Waals surface area contributed by atoms with Gasteiger partial charge in [-0.3, -0.25) is 0 Å². The van der Waals surface area contributed by atoms with Crippen LogP contribution < -0.4 is 0 Å². The van der Waals surface area contributed by atoms with E-state index < -0.39 is 9.84 Å². The van der Waals surface area contributed by atoms with Gasteiger partial charge in [0.15, 0.2) is 9.84 Å². The number of hydrogen-bond acceptors (Lipinski definition) is 2. The van der Waals surface area contributed by atoms with E-state index in [1.807, 2.05) is 42.5 Å². The molecule has 0 unspecified atom stereocenters. The average molecular weight is 347 g/mol. The third-order valence-electron chi connectivity index (χ3n) is 4.34. The van der Waals surface area contributed by atoms with E-state index in [1.165, 1.54) is 6.26 Å². The fourth-order valence-electron chi connectivity index (χ4n) is 3.09. The minimum Gasteiger partial charge on any atom is -0.316 e. The fraction of sp³-hybridized carbons (Fsp3) is 0.0476. The van der Waals surface area contributed by atoms with Gasteiger partial charge in [-0.25, -0.2) is 8.42 Å². The lowest BCUT2D eigenvalue weighted by molar-refractivity contribution is 0.602. The van der Waals surface area contributed by atoms with Crippen molar-refractivity contribution in [1.82, 2.24) is 4.57 Å². The molecule has 0 saturated carbocycles. The van der Waals surface area contributed by atoms with Gasteiger partial charge in [0.25, 0.3) is 0 Å². The monoisotopic (exact) mass is 347 g/mol. The molecule has 1 heterocycles. The molecule has 4 heteroatoms. The van der Waals surface area contributed by atoms with E-state index >= 15 is 0 Å². The van der Waals surface area contributed by atoms with E-state index in [-0.39, 0.29) is 0 Å². The molecule has 0 bridgehead atoms. The van der Waals surface area contributed by atoms with Gasteiger partial charge in [0.2, 0.25) is 0 Å². The molecule has 0 aliphatic rings. The normalized spacial score (nSPS) is 11.7. The van der Waals surface area contributed by atoms with E-state index in [2.05, 4.69) is 35.0 Å². The van der Waals surface area contributed by atoms with E-state index in [1.54, 1.807) is 12.1 Å². The van der Waals surface area contributed by atoms with Crippen LogP contribution in [-0.4, -0.2) is 19.2 Å².